The van der Waals surface area contributed by atoms with Crippen LogP contribution in [0.1, 0.15) is 37.5 Å². The molecule has 2 N–H and O–H groups in total. The highest BCUT2D eigenvalue weighted by Crippen LogP contribution is 2.23. The number of nitrogens with two attached hydrogens (primary N) is 1. The summed E-state index contributed by atoms with van der Waals surface area (Å²) in [7, 11) is 0. The van der Waals surface area contributed by atoms with Gasteiger partial charge in [0, 0.05) is 23.5 Å². The first-order valence-corrected chi connectivity index (χ1v) is 7.66. The minimum atomic E-state index is 0.264. The fraction of sp³-hybridized carbons (Fsp3) is 0.643. The quantitative estimate of drug-likeness (QED) is 0.909. The Labute approximate surface area is 113 Å². The highest BCUT2D eigenvalue weighted by molar-refractivity contribution is 7.10. The average Bonchev–Trinajstić information content (AvgIpc) is 2.85. The van der Waals surface area contributed by atoms with Crippen LogP contribution in [0, 0.1) is 0 Å². The molecule has 1 saturated carbocycles. The summed E-state index contributed by atoms with van der Waals surface area (Å²) >= 11 is 1.66. The summed E-state index contributed by atoms with van der Waals surface area (Å²) < 4.78 is 0. The predicted molar refractivity (Wildman–Crippen MR) is 75.6 cm³/mol. The second kappa shape index (κ2) is 6.34. The number of thiophene rings is 1. The highest BCUT2D eigenvalue weighted by atomic mass is 32.1. The first-order valence-electron chi connectivity index (χ1n) is 6.78. The summed E-state index contributed by atoms with van der Waals surface area (Å²) in [5.41, 5.74) is 5.92. The molecule has 0 saturated heterocycles. The molecular formula is C14H22N2OS. The van der Waals surface area contributed by atoms with Gasteiger partial charge in [-0.05, 0) is 44.1 Å². The molecule has 1 amide bonds. The Hall–Kier alpha value is -0.870. The number of hydrogen-bond donors (Lipinski definition) is 1. The zero-order valence-corrected chi connectivity index (χ0v) is 11.8. The number of carbonyl (C=O) groups is 1. The molecule has 18 heavy (non-hydrogen) atoms. The van der Waals surface area contributed by atoms with Gasteiger partial charge in [-0.2, -0.15) is 0 Å². The minimum absolute atomic E-state index is 0.264. The van der Waals surface area contributed by atoms with Crippen molar-refractivity contribution in [1.82, 2.24) is 4.90 Å². The van der Waals surface area contributed by atoms with Crippen molar-refractivity contribution in [2.24, 2.45) is 5.73 Å². The summed E-state index contributed by atoms with van der Waals surface area (Å²) in [4.78, 5) is 15.5. The lowest BCUT2D eigenvalue weighted by atomic mass is 9.90. The van der Waals surface area contributed by atoms with E-state index in [1.165, 1.54) is 0 Å². The molecule has 0 aromatic carbocycles. The SMILES string of the molecule is CCN(C(=O)Cc1cccs1)C1CCC(N)CC1. The molecule has 0 aliphatic heterocycles. The number of likely N-dealkylation sites (N-methyl/N-ethyl adjacent to an activating group) is 1. The summed E-state index contributed by atoms with van der Waals surface area (Å²) in [6, 6.07) is 4.78. The van der Waals surface area contributed by atoms with Gasteiger partial charge in [0.2, 0.25) is 5.91 Å². The van der Waals surface area contributed by atoms with Gasteiger partial charge < -0.3 is 10.6 Å². The van der Waals surface area contributed by atoms with E-state index in [0.717, 1.165) is 37.1 Å². The van der Waals surface area contributed by atoms with E-state index in [4.69, 9.17) is 5.73 Å². The van der Waals surface area contributed by atoms with Crippen LogP contribution < -0.4 is 5.73 Å². The molecule has 4 heteroatoms. The molecule has 100 valence electrons. The lowest BCUT2D eigenvalue weighted by molar-refractivity contribution is -0.133. The normalized spacial score (nSPS) is 23.9. The van der Waals surface area contributed by atoms with Crippen molar-refractivity contribution in [3.8, 4) is 0 Å². The van der Waals surface area contributed by atoms with Crippen molar-refractivity contribution in [2.75, 3.05) is 6.54 Å². The molecule has 2 rings (SSSR count). The predicted octanol–water partition coefficient (Wildman–Crippen LogP) is 2.41. The van der Waals surface area contributed by atoms with E-state index >= 15 is 0 Å². The third-order valence-electron chi connectivity index (χ3n) is 3.75. The van der Waals surface area contributed by atoms with Gasteiger partial charge in [0.15, 0.2) is 0 Å². The van der Waals surface area contributed by atoms with E-state index in [1.54, 1.807) is 11.3 Å². The van der Waals surface area contributed by atoms with Crippen molar-refractivity contribution in [3.05, 3.63) is 22.4 Å². The first-order chi connectivity index (χ1) is 8.70. The summed E-state index contributed by atoms with van der Waals surface area (Å²) in [6.07, 6.45) is 4.77. The van der Waals surface area contributed by atoms with E-state index in [0.29, 0.717) is 18.5 Å². The van der Waals surface area contributed by atoms with Crippen LogP contribution in [0.5, 0.6) is 0 Å². The van der Waals surface area contributed by atoms with Crippen molar-refractivity contribution in [3.63, 3.8) is 0 Å². The van der Waals surface area contributed by atoms with Gasteiger partial charge in [0.1, 0.15) is 0 Å². The van der Waals surface area contributed by atoms with Gasteiger partial charge in [0.05, 0.1) is 6.42 Å². The average molecular weight is 266 g/mol. The lowest BCUT2D eigenvalue weighted by Gasteiger charge is -2.35. The minimum Gasteiger partial charge on any atom is -0.340 e. The summed E-state index contributed by atoms with van der Waals surface area (Å²) in [5, 5.41) is 2.03. The number of hydrogen-bond acceptors (Lipinski definition) is 3. The van der Waals surface area contributed by atoms with Gasteiger partial charge in [-0.25, -0.2) is 0 Å². The zero-order valence-electron chi connectivity index (χ0n) is 11.0. The van der Waals surface area contributed by atoms with Crippen LogP contribution >= 0.6 is 11.3 Å². The molecule has 3 nitrogen and oxygen atoms in total. The van der Waals surface area contributed by atoms with Crippen LogP contribution in [0.25, 0.3) is 0 Å². The molecule has 1 aliphatic carbocycles. The van der Waals surface area contributed by atoms with E-state index in [2.05, 4.69) is 6.92 Å². The van der Waals surface area contributed by atoms with Crippen LogP contribution in [0.15, 0.2) is 17.5 Å². The Kier molecular flexibility index (Phi) is 4.78. The van der Waals surface area contributed by atoms with Crippen molar-refractivity contribution < 1.29 is 4.79 Å². The van der Waals surface area contributed by atoms with Crippen LogP contribution in [0.2, 0.25) is 0 Å². The number of rotatable bonds is 4. The Morgan fingerprint density at radius 3 is 2.72 bits per heavy atom. The van der Waals surface area contributed by atoms with Crippen LogP contribution in [0.3, 0.4) is 0 Å². The van der Waals surface area contributed by atoms with Gasteiger partial charge >= 0.3 is 0 Å². The first kappa shape index (κ1) is 13.6. The zero-order chi connectivity index (χ0) is 13.0. The molecule has 0 atom stereocenters. The topological polar surface area (TPSA) is 46.3 Å². The van der Waals surface area contributed by atoms with Gasteiger partial charge in [-0.3, -0.25) is 4.79 Å². The maximum Gasteiger partial charge on any atom is 0.228 e. The Morgan fingerprint density at radius 2 is 2.17 bits per heavy atom. The number of carbonyl (C=O) groups excluding carboxylic acids is 1. The molecule has 1 aliphatic rings. The second-order valence-electron chi connectivity index (χ2n) is 5.00. The molecule has 1 heterocycles. The maximum absolute atomic E-state index is 12.3. The molecule has 0 unspecified atom stereocenters. The lowest BCUT2D eigenvalue weighted by Crippen LogP contribution is -2.44. The van der Waals surface area contributed by atoms with E-state index < -0.39 is 0 Å². The van der Waals surface area contributed by atoms with Crippen molar-refractivity contribution in [2.45, 2.75) is 51.1 Å². The summed E-state index contributed by atoms with van der Waals surface area (Å²) in [6.45, 7) is 2.88. The van der Waals surface area contributed by atoms with Crippen LogP contribution in [-0.2, 0) is 11.2 Å². The Balaban J connectivity index is 1.93. The fourth-order valence-electron chi connectivity index (χ4n) is 2.72. The smallest absolute Gasteiger partial charge is 0.228 e. The molecule has 0 radical (unpaired) electrons. The van der Waals surface area contributed by atoms with Crippen LogP contribution in [0.4, 0.5) is 0 Å². The standard InChI is InChI=1S/C14H22N2OS/c1-2-16(12-7-5-11(15)6-8-12)14(17)10-13-4-3-9-18-13/h3-4,9,11-12H,2,5-8,10,15H2,1H3. The molecule has 1 fully saturated rings. The number of nitrogens with zero attached hydrogens (tertiary/aromatic N) is 1. The van der Waals surface area contributed by atoms with Gasteiger partial charge in [-0.15, -0.1) is 11.3 Å². The molecular weight excluding hydrogens is 244 g/mol. The largest absolute Gasteiger partial charge is 0.340 e. The van der Waals surface area contributed by atoms with Crippen molar-refractivity contribution in [1.29, 1.82) is 0 Å². The van der Waals surface area contributed by atoms with Gasteiger partial charge in [0.25, 0.3) is 0 Å². The monoisotopic (exact) mass is 266 g/mol. The fourth-order valence-corrected chi connectivity index (χ4v) is 3.41. The van der Waals surface area contributed by atoms with Gasteiger partial charge in [-0.1, -0.05) is 6.07 Å². The highest BCUT2D eigenvalue weighted by Gasteiger charge is 2.26. The Morgan fingerprint density at radius 1 is 1.44 bits per heavy atom. The third-order valence-corrected chi connectivity index (χ3v) is 4.63. The molecule has 0 spiro atoms. The molecule has 0 bridgehead atoms. The number of amides is 1. The second-order valence-corrected chi connectivity index (χ2v) is 6.04. The van der Waals surface area contributed by atoms with Crippen LogP contribution in [-0.4, -0.2) is 29.4 Å². The molecule has 1 aromatic rings. The van der Waals surface area contributed by atoms with E-state index in [1.807, 2.05) is 22.4 Å². The summed E-state index contributed by atoms with van der Waals surface area (Å²) in [5.74, 6) is 0.264. The van der Waals surface area contributed by atoms with E-state index in [9.17, 15) is 4.79 Å². The maximum atomic E-state index is 12.3. The van der Waals surface area contributed by atoms with E-state index in [-0.39, 0.29) is 5.91 Å². The molecule has 1 aromatic heterocycles. The Bertz CT molecular complexity index is 369. The third kappa shape index (κ3) is 3.33. The van der Waals surface area contributed by atoms with Crippen molar-refractivity contribution >= 4 is 17.2 Å².